The van der Waals surface area contributed by atoms with Crippen LogP contribution in [-0.2, 0) is 57.0 Å². The minimum atomic E-state index is -1.49. The van der Waals surface area contributed by atoms with Gasteiger partial charge in [0.25, 0.3) is 0 Å². The highest BCUT2D eigenvalue weighted by Gasteiger charge is 2.52. The summed E-state index contributed by atoms with van der Waals surface area (Å²) in [5.41, 5.74) is -0.826. The van der Waals surface area contributed by atoms with Gasteiger partial charge in [-0.15, -0.1) is 0 Å². The lowest BCUT2D eigenvalue weighted by molar-refractivity contribution is -0.341. The number of cyclic esters (lactones) is 1. The van der Waals surface area contributed by atoms with Crippen molar-refractivity contribution in [2.75, 3.05) is 34.9 Å². The fraction of sp³-hybridized carbons (Fsp3) is 0.844. The normalized spacial score (nSPS) is 46.5. The summed E-state index contributed by atoms with van der Waals surface area (Å²) < 4.78 is 54.4. The molecule has 4 heterocycles. The van der Waals surface area contributed by atoms with Crippen LogP contribution in [0.25, 0.3) is 0 Å². The van der Waals surface area contributed by atoms with Gasteiger partial charge in [-0.2, -0.15) is 0 Å². The molecule has 0 aliphatic carbocycles. The van der Waals surface area contributed by atoms with Gasteiger partial charge in [0.05, 0.1) is 55.2 Å². The van der Waals surface area contributed by atoms with Crippen LogP contribution in [0.2, 0.25) is 0 Å². The monoisotopic (exact) mass is 902 g/mol. The van der Waals surface area contributed by atoms with E-state index in [9.17, 15) is 39.9 Å². The first kappa shape index (κ1) is 53.3. The maximum atomic E-state index is 13.7. The van der Waals surface area contributed by atoms with Gasteiger partial charge in [0, 0.05) is 44.3 Å². The molecule has 362 valence electrons. The van der Waals surface area contributed by atoms with Crippen LogP contribution in [0.3, 0.4) is 0 Å². The Morgan fingerprint density at radius 3 is 2.10 bits per heavy atom. The van der Waals surface area contributed by atoms with Gasteiger partial charge in [-0.1, -0.05) is 38.5 Å². The molecule has 0 bridgehead atoms. The van der Waals surface area contributed by atoms with Crippen LogP contribution in [0.5, 0.6) is 0 Å². The molecular formula is C45H75NO17. The molecule has 3 fully saturated rings. The molecule has 0 aromatic rings. The Labute approximate surface area is 372 Å². The van der Waals surface area contributed by atoms with E-state index in [1.807, 2.05) is 13.0 Å². The van der Waals surface area contributed by atoms with Crippen molar-refractivity contribution in [3.63, 3.8) is 0 Å². The van der Waals surface area contributed by atoms with E-state index >= 15 is 0 Å². The fourth-order valence-electron chi connectivity index (χ4n) is 9.19. The number of rotatable bonds is 12. The number of carbonyl (C=O) groups excluding carboxylic acids is 3. The summed E-state index contributed by atoms with van der Waals surface area (Å²) in [4.78, 5) is 42.0. The first-order chi connectivity index (χ1) is 29.6. The molecule has 4 rings (SSSR count). The summed E-state index contributed by atoms with van der Waals surface area (Å²) >= 11 is 0. The molecule has 1 unspecified atom stereocenters. The van der Waals surface area contributed by atoms with E-state index < -0.39 is 140 Å². The van der Waals surface area contributed by atoms with Crippen molar-refractivity contribution in [2.45, 2.75) is 185 Å². The van der Waals surface area contributed by atoms with Crippen molar-refractivity contribution in [3.05, 3.63) is 23.8 Å². The highest BCUT2D eigenvalue weighted by atomic mass is 16.7. The van der Waals surface area contributed by atoms with Crippen molar-refractivity contribution >= 4 is 18.0 Å². The summed E-state index contributed by atoms with van der Waals surface area (Å²) in [5.74, 6) is -4.14. The molecule has 0 aromatic carbocycles. The number of likely N-dealkylation sites (N-methyl/N-ethyl adjacent to an activating group) is 1. The molecule has 18 nitrogen and oxygen atoms in total. The minimum Gasteiger partial charge on any atom is -0.462 e. The molecule has 18 heteroatoms. The van der Waals surface area contributed by atoms with E-state index in [-0.39, 0.29) is 25.2 Å². The average Bonchev–Trinajstić information content (AvgIpc) is 3.22. The number of esters is 1. The molecule has 5 N–H and O–H groups in total. The standard InChI is InChI=1S/C45H75NO17/c1-13-32-29(21-57-44-41(56-12)40(55-11)36(51)25(5)59-44)16-22(2)14-15-30(48)23(3)17-28(20-47)38(24(4)31(49)18-33(50)61-32)63-43-37(52)35(46(9)10)39(26(6)60-43)62-34-19-45(8,54)42(53)27(7)58-34/h14-16,20,23-29,31-32,34-44,49,51-54H,13,17-19,21H2,1-12H3/b15-14+,22-16+/t23-,24-,25+,26-,27+,28?,29-,31+,32+,34+,35-,36+,37-,38-,39-,40+,41+,42+,43+,44+,45-/m1/s1. The number of aldehydes is 1. The molecule has 0 radical (unpaired) electrons. The molecule has 0 spiro atoms. The number of aliphatic hydroxyl groups is 5. The van der Waals surface area contributed by atoms with Gasteiger partial charge in [-0.3, -0.25) is 9.59 Å². The quantitative estimate of drug-likeness (QED) is 0.138. The van der Waals surface area contributed by atoms with Gasteiger partial charge in [0.15, 0.2) is 24.7 Å². The maximum Gasteiger partial charge on any atom is 0.308 e. The summed E-state index contributed by atoms with van der Waals surface area (Å²) in [5, 5.41) is 55.5. The van der Waals surface area contributed by atoms with Crippen LogP contribution < -0.4 is 0 Å². The Kier molecular flexibility index (Phi) is 19.9. The van der Waals surface area contributed by atoms with Gasteiger partial charge in [0.1, 0.15) is 49.0 Å². The summed E-state index contributed by atoms with van der Waals surface area (Å²) in [6.07, 6.45) is -9.08. The molecular weight excluding hydrogens is 826 g/mol. The second-order valence-corrected chi connectivity index (χ2v) is 18.4. The number of hydrogen-bond acceptors (Lipinski definition) is 18. The summed E-state index contributed by atoms with van der Waals surface area (Å²) in [6, 6.07) is -0.767. The first-order valence-electron chi connectivity index (χ1n) is 22.2. The Bertz CT molecular complexity index is 1540. The largest absolute Gasteiger partial charge is 0.462 e. The Morgan fingerprint density at radius 2 is 1.51 bits per heavy atom. The zero-order valence-electron chi connectivity index (χ0n) is 39.0. The number of carbonyl (C=O) groups is 3. The van der Waals surface area contributed by atoms with Crippen LogP contribution in [0, 0.1) is 23.7 Å². The second kappa shape index (κ2) is 23.5. The number of hydrogen-bond donors (Lipinski definition) is 5. The van der Waals surface area contributed by atoms with E-state index in [0.29, 0.717) is 18.3 Å². The molecule has 21 atom stereocenters. The van der Waals surface area contributed by atoms with Crippen molar-refractivity contribution in [3.8, 4) is 0 Å². The molecule has 0 aromatic heterocycles. The number of nitrogens with zero attached hydrogens (tertiary/aromatic N) is 1. The van der Waals surface area contributed by atoms with Gasteiger partial charge < -0.3 is 77.9 Å². The van der Waals surface area contributed by atoms with Gasteiger partial charge >= 0.3 is 5.97 Å². The van der Waals surface area contributed by atoms with Crippen molar-refractivity contribution in [1.29, 1.82) is 0 Å². The van der Waals surface area contributed by atoms with Crippen molar-refractivity contribution < 1.29 is 82.5 Å². The van der Waals surface area contributed by atoms with E-state index in [1.165, 1.54) is 27.2 Å². The number of ketones is 1. The molecule has 4 aliphatic rings. The SMILES string of the molecule is CC[C@@H]1OC(=O)C[C@H](O)[C@@H](C)[C@@H](O[C@@H]2O[C@H](C)[C@@H](O[C@H]3C[C@@](C)(O)[C@@H](O)[C@H](C)O3)[C@H](N(C)C)[C@H]2O)C(C=O)C[C@@H](C)C(=O)/C=C/C(C)=C/[C@@H]1CO[C@H]1O[C@@H](C)[C@H](O)[C@H](OC)[C@@H]1OC. The van der Waals surface area contributed by atoms with Gasteiger partial charge in [-0.25, -0.2) is 0 Å². The Morgan fingerprint density at radius 1 is 0.857 bits per heavy atom. The zero-order valence-corrected chi connectivity index (χ0v) is 39.0. The fourth-order valence-corrected chi connectivity index (χ4v) is 9.19. The topological polar surface area (TPSA) is 239 Å². The van der Waals surface area contributed by atoms with E-state index in [0.717, 1.165) is 0 Å². The molecule has 63 heavy (non-hydrogen) atoms. The number of ether oxygens (including phenoxy) is 9. The van der Waals surface area contributed by atoms with Crippen LogP contribution in [0.1, 0.15) is 81.1 Å². The Balaban J connectivity index is 1.60. The van der Waals surface area contributed by atoms with Crippen molar-refractivity contribution in [2.24, 2.45) is 23.7 Å². The highest BCUT2D eigenvalue weighted by Crippen LogP contribution is 2.37. The van der Waals surface area contributed by atoms with Crippen LogP contribution >= 0.6 is 0 Å². The smallest absolute Gasteiger partial charge is 0.308 e. The minimum absolute atomic E-state index is 0.0117. The van der Waals surface area contributed by atoms with E-state index in [4.69, 9.17) is 42.6 Å². The lowest BCUT2D eigenvalue weighted by Crippen LogP contribution is -2.65. The average molecular weight is 902 g/mol. The predicted octanol–water partition coefficient (Wildman–Crippen LogP) is 1.44. The lowest BCUT2D eigenvalue weighted by Gasteiger charge is -2.50. The third kappa shape index (κ3) is 13.2. The third-order valence-corrected chi connectivity index (χ3v) is 13.1. The lowest BCUT2D eigenvalue weighted by atomic mass is 9.81. The number of aliphatic hydroxyl groups excluding tert-OH is 4. The highest BCUT2D eigenvalue weighted by molar-refractivity contribution is 5.92. The molecule has 3 saturated heterocycles. The van der Waals surface area contributed by atoms with Crippen LogP contribution in [0.15, 0.2) is 23.8 Å². The number of methoxy groups -OCH3 is 2. The van der Waals surface area contributed by atoms with Crippen LogP contribution in [-0.4, -0.2) is 187 Å². The second-order valence-electron chi connectivity index (χ2n) is 18.4. The summed E-state index contributed by atoms with van der Waals surface area (Å²) in [7, 11) is 6.40. The third-order valence-electron chi connectivity index (χ3n) is 13.1. The van der Waals surface area contributed by atoms with Crippen molar-refractivity contribution in [1.82, 2.24) is 4.90 Å². The zero-order chi connectivity index (χ0) is 47.1. The van der Waals surface area contributed by atoms with E-state index in [2.05, 4.69) is 0 Å². The first-order valence-corrected chi connectivity index (χ1v) is 22.2. The van der Waals surface area contributed by atoms with Gasteiger partial charge in [0.2, 0.25) is 0 Å². The summed E-state index contributed by atoms with van der Waals surface area (Å²) in [6.45, 7) is 13.5. The Hall–Kier alpha value is -2.27. The molecule has 0 amide bonds. The molecule has 4 aliphatic heterocycles. The number of allylic oxidation sites excluding steroid dienone is 3. The maximum absolute atomic E-state index is 13.7. The predicted molar refractivity (Wildman–Crippen MR) is 226 cm³/mol. The van der Waals surface area contributed by atoms with Gasteiger partial charge in [-0.05, 0) is 67.6 Å². The van der Waals surface area contributed by atoms with E-state index in [1.54, 1.807) is 66.6 Å². The van der Waals surface area contributed by atoms with Crippen LogP contribution in [0.4, 0.5) is 0 Å². The molecule has 0 saturated carbocycles.